The van der Waals surface area contributed by atoms with Crippen LogP contribution in [-0.4, -0.2) is 37.9 Å². The molecule has 0 aliphatic rings. The van der Waals surface area contributed by atoms with Crippen molar-refractivity contribution in [3.8, 4) is 0 Å². The summed E-state index contributed by atoms with van der Waals surface area (Å²) in [5.74, 6) is -0.453. The molecule has 0 aromatic rings. The maximum atomic E-state index is 12.8. The van der Waals surface area contributed by atoms with Crippen LogP contribution >= 0.6 is 0 Å². The van der Waals surface area contributed by atoms with Crippen molar-refractivity contribution in [1.82, 2.24) is 0 Å². The van der Waals surface area contributed by atoms with Gasteiger partial charge < -0.3 is 14.2 Å². The summed E-state index contributed by atoms with van der Waals surface area (Å²) in [7, 11) is 0. The van der Waals surface area contributed by atoms with Gasteiger partial charge in [0.2, 0.25) is 0 Å². The summed E-state index contributed by atoms with van der Waals surface area (Å²) in [6.07, 6.45) is 80.7. The average molecular weight is 942 g/mol. The molecule has 5 nitrogen and oxygen atoms in total. The molecule has 0 rings (SSSR count). The van der Waals surface area contributed by atoms with Gasteiger partial charge in [0.1, 0.15) is 6.61 Å². The number of unbranched alkanes of at least 4 members (excludes halogenated alkanes) is 19. The normalized spacial score (nSPS) is 13.2. The fraction of sp³-hybridized carbons (Fsp3) is 0.651. The Balaban J connectivity index is 4.41. The molecule has 0 saturated carbocycles. The number of ether oxygens (including phenoxy) is 3. The van der Waals surface area contributed by atoms with E-state index in [1.807, 2.05) is 0 Å². The number of hydrogen-bond acceptors (Lipinski definition) is 5. The van der Waals surface area contributed by atoms with Crippen LogP contribution in [0, 0.1) is 0 Å². The first kappa shape index (κ1) is 64.3. The molecular weight excluding hydrogens is 837 g/mol. The van der Waals surface area contributed by atoms with Crippen LogP contribution in [0.15, 0.2) is 122 Å². The quantitative estimate of drug-likeness (QED) is 0.0345. The van der Waals surface area contributed by atoms with Crippen LogP contribution < -0.4 is 0 Å². The average Bonchev–Trinajstić information content (AvgIpc) is 3.34. The van der Waals surface area contributed by atoms with Crippen LogP contribution in [0.2, 0.25) is 0 Å². The van der Waals surface area contributed by atoms with Crippen molar-refractivity contribution in [3.05, 3.63) is 122 Å². The van der Waals surface area contributed by atoms with Crippen LogP contribution in [0.1, 0.15) is 239 Å². The van der Waals surface area contributed by atoms with Gasteiger partial charge in [-0.2, -0.15) is 0 Å². The largest absolute Gasteiger partial charge is 0.462 e. The zero-order chi connectivity index (χ0) is 49.2. The zero-order valence-electron chi connectivity index (χ0n) is 44.3. The van der Waals surface area contributed by atoms with Crippen molar-refractivity contribution in [1.29, 1.82) is 0 Å². The molecule has 386 valence electrons. The van der Waals surface area contributed by atoms with Gasteiger partial charge in [-0.05, 0) is 128 Å². The summed E-state index contributed by atoms with van der Waals surface area (Å²) < 4.78 is 17.4. The third-order valence-corrected chi connectivity index (χ3v) is 11.5. The molecule has 0 radical (unpaired) electrons. The lowest BCUT2D eigenvalue weighted by Crippen LogP contribution is -2.30. The summed E-state index contributed by atoms with van der Waals surface area (Å²) >= 11 is 0. The van der Waals surface area contributed by atoms with Gasteiger partial charge in [-0.3, -0.25) is 9.59 Å². The second-order valence-electron chi connectivity index (χ2n) is 18.1. The zero-order valence-corrected chi connectivity index (χ0v) is 44.3. The Morgan fingerprint density at radius 2 is 0.662 bits per heavy atom. The van der Waals surface area contributed by atoms with Gasteiger partial charge in [0, 0.05) is 19.4 Å². The molecule has 0 aliphatic carbocycles. The first-order valence-electron chi connectivity index (χ1n) is 28.1. The number of esters is 2. The highest BCUT2D eigenvalue weighted by atomic mass is 16.6. The van der Waals surface area contributed by atoms with Gasteiger partial charge in [0.25, 0.3) is 0 Å². The van der Waals surface area contributed by atoms with Crippen molar-refractivity contribution in [2.24, 2.45) is 0 Å². The van der Waals surface area contributed by atoms with E-state index in [0.29, 0.717) is 19.4 Å². The summed E-state index contributed by atoms with van der Waals surface area (Å²) in [5.41, 5.74) is 0. The van der Waals surface area contributed by atoms with E-state index in [2.05, 4.69) is 142 Å². The number of carbonyl (C=O) groups is 2. The molecule has 0 spiro atoms. The van der Waals surface area contributed by atoms with Crippen LogP contribution in [0.25, 0.3) is 0 Å². The first-order valence-corrected chi connectivity index (χ1v) is 28.1. The molecule has 0 fully saturated rings. The fourth-order valence-corrected chi connectivity index (χ4v) is 7.34. The highest BCUT2D eigenvalue weighted by Gasteiger charge is 2.17. The van der Waals surface area contributed by atoms with E-state index < -0.39 is 6.10 Å². The minimum Gasteiger partial charge on any atom is -0.462 e. The Morgan fingerprint density at radius 3 is 1.07 bits per heavy atom. The van der Waals surface area contributed by atoms with E-state index in [0.717, 1.165) is 141 Å². The van der Waals surface area contributed by atoms with Crippen molar-refractivity contribution in [2.75, 3.05) is 19.8 Å². The Labute approximate surface area is 420 Å². The standard InChI is InChI=1S/C63H104O5/c1-4-7-10-13-16-19-22-25-28-30-31-32-34-37-40-43-46-49-52-55-58-66-59-61(68-63(65)57-54-51-48-45-42-39-35-27-24-21-18-15-12-9-6-3)60-67-62(64)56-53-50-47-44-41-38-36-33-29-26-23-20-17-14-11-8-5-2/h7-8,10-11,16-17,19-20,25-29,31-32,35-38,40,61H,4-6,9,12-15,18,21-24,30,33-34,39,41-60H2,1-3H3/b10-7-,11-8-,19-16-,20-17-,28-25-,29-26-,32-31-,35-27-,38-36-,40-37-. The number of rotatable bonds is 50. The highest BCUT2D eigenvalue weighted by molar-refractivity contribution is 5.70. The van der Waals surface area contributed by atoms with E-state index in [1.54, 1.807) is 0 Å². The van der Waals surface area contributed by atoms with Crippen LogP contribution in [0.5, 0.6) is 0 Å². The van der Waals surface area contributed by atoms with Gasteiger partial charge in [0.05, 0.1) is 6.61 Å². The third-order valence-electron chi connectivity index (χ3n) is 11.5. The Kier molecular flexibility index (Phi) is 54.5. The number of carbonyl (C=O) groups excluding carboxylic acids is 2. The van der Waals surface area contributed by atoms with Crippen LogP contribution in [-0.2, 0) is 23.8 Å². The third kappa shape index (κ3) is 54.9. The molecule has 5 heteroatoms. The minimum absolute atomic E-state index is 0.0516. The second kappa shape index (κ2) is 57.6. The van der Waals surface area contributed by atoms with Crippen molar-refractivity contribution >= 4 is 11.9 Å². The molecule has 0 amide bonds. The summed E-state index contributed by atoms with van der Waals surface area (Å²) in [6.45, 7) is 7.50. The highest BCUT2D eigenvalue weighted by Crippen LogP contribution is 2.13. The van der Waals surface area contributed by atoms with Crippen LogP contribution in [0.3, 0.4) is 0 Å². The molecule has 0 bridgehead atoms. The first-order chi connectivity index (χ1) is 33.6. The van der Waals surface area contributed by atoms with Crippen molar-refractivity contribution in [2.45, 2.75) is 245 Å². The smallest absolute Gasteiger partial charge is 0.306 e. The number of allylic oxidation sites excluding steroid dienone is 20. The summed E-state index contributed by atoms with van der Waals surface area (Å²) in [6, 6.07) is 0. The lowest BCUT2D eigenvalue weighted by Gasteiger charge is -2.18. The monoisotopic (exact) mass is 941 g/mol. The van der Waals surface area contributed by atoms with Crippen LogP contribution in [0.4, 0.5) is 0 Å². The predicted molar refractivity (Wildman–Crippen MR) is 297 cm³/mol. The molecule has 0 saturated heterocycles. The van der Waals surface area contributed by atoms with Gasteiger partial charge in [-0.25, -0.2) is 0 Å². The molecule has 68 heavy (non-hydrogen) atoms. The Bertz CT molecular complexity index is 1390. The number of hydrogen-bond donors (Lipinski definition) is 0. The van der Waals surface area contributed by atoms with Gasteiger partial charge in [-0.15, -0.1) is 0 Å². The molecule has 0 heterocycles. The van der Waals surface area contributed by atoms with Crippen molar-refractivity contribution in [3.63, 3.8) is 0 Å². The summed E-state index contributed by atoms with van der Waals surface area (Å²) in [4.78, 5) is 25.5. The Morgan fingerprint density at radius 1 is 0.338 bits per heavy atom. The van der Waals surface area contributed by atoms with E-state index in [4.69, 9.17) is 14.2 Å². The Hall–Kier alpha value is -3.70. The summed E-state index contributed by atoms with van der Waals surface area (Å²) in [5, 5.41) is 0. The lowest BCUT2D eigenvalue weighted by atomic mass is 10.1. The van der Waals surface area contributed by atoms with Gasteiger partial charge in [0.15, 0.2) is 6.10 Å². The van der Waals surface area contributed by atoms with E-state index in [-0.39, 0.29) is 25.2 Å². The molecule has 0 N–H and O–H groups in total. The van der Waals surface area contributed by atoms with E-state index in [9.17, 15) is 9.59 Å². The van der Waals surface area contributed by atoms with Crippen molar-refractivity contribution < 1.29 is 23.8 Å². The van der Waals surface area contributed by atoms with E-state index in [1.165, 1.54) is 64.2 Å². The minimum atomic E-state index is -0.573. The topological polar surface area (TPSA) is 61.8 Å². The fourth-order valence-electron chi connectivity index (χ4n) is 7.34. The molecular formula is C63H104O5. The molecule has 0 aliphatic heterocycles. The van der Waals surface area contributed by atoms with Gasteiger partial charge >= 0.3 is 11.9 Å². The SMILES string of the molecule is CC/C=C\C/C=C\C/C=C\C/C=C\C/C=C\CCCCCCOCC(COC(=O)CCCCCC/C=C\C/C=C\C/C=C\C/C=C\CC)OC(=O)CCCCCCC/C=C\CCCCCCCC. The predicted octanol–water partition coefficient (Wildman–Crippen LogP) is 19.3. The maximum Gasteiger partial charge on any atom is 0.306 e. The van der Waals surface area contributed by atoms with Gasteiger partial charge in [-0.1, -0.05) is 219 Å². The molecule has 1 unspecified atom stereocenters. The van der Waals surface area contributed by atoms with E-state index >= 15 is 0 Å². The second-order valence-corrected chi connectivity index (χ2v) is 18.1. The molecule has 1 atom stereocenters. The molecule has 0 aromatic carbocycles. The molecule has 0 aromatic heterocycles. The maximum absolute atomic E-state index is 12.8. The lowest BCUT2D eigenvalue weighted by molar-refractivity contribution is -0.163.